The SMILES string of the molecule is Cc1sc(-c2nc3ccc(Br)cn3c2N)cc1Br. The zero-order valence-corrected chi connectivity index (χ0v) is 13.4. The molecule has 0 spiro atoms. The Morgan fingerprint density at radius 3 is 2.78 bits per heavy atom. The van der Waals surface area contributed by atoms with Crippen LogP contribution in [0.25, 0.3) is 16.2 Å². The zero-order chi connectivity index (χ0) is 12.9. The molecule has 0 unspecified atom stereocenters. The molecule has 3 aromatic heterocycles. The molecule has 0 radical (unpaired) electrons. The summed E-state index contributed by atoms with van der Waals surface area (Å²) in [7, 11) is 0. The largest absolute Gasteiger partial charge is 0.383 e. The van der Waals surface area contributed by atoms with Gasteiger partial charge in [-0.05, 0) is 57.0 Å². The molecule has 0 amide bonds. The Bertz CT molecular complexity index is 726. The Morgan fingerprint density at radius 1 is 1.33 bits per heavy atom. The minimum atomic E-state index is 0.667. The Balaban J connectivity index is 2.26. The van der Waals surface area contributed by atoms with Crippen molar-refractivity contribution in [3.63, 3.8) is 0 Å². The normalized spacial score (nSPS) is 11.3. The Labute approximate surface area is 125 Å². The number of aromatic nitrogens is 2. The maximum atomic E-state index is 6.17. The molecule has 18 heavy (non-hydrogen) atoms. The van der Waals surface area contributed by atoms with Gasteiger partial charge < -0.3 is 5.73 Å². The van der Waals surface area contributed by atoms with E-state index in [9.17, 15) is 0 Å². The van der Waals surface area contributed by atoms with E-state index in [1.165, 1.54) is 4.88 Å². The summed E-state index contributed by atoms with van der Waals surface area (Å²) in [5.74, 6) is 0.667. The molecular formula is C12H9Br2N3S. The summed E-state index contributed by atoms with van der Waals surface area (Å²) in [5.41, 5.74) is 7.86. The third-order valence-corrected chi connectivity index (χ3v) is 5.32. The topological polar surface area (TPSA) is 43.3 Å². The van der Waals surface area contributed by atoms with E-state index in [1.807, 2.05) is 22.7 Å². The molecule has 0 saturated heterocycles. The van der Waals surface area contributed by atoms with Crippen molar-refractivity contribution in [2.75, 3.05) is 5.73 Å². The lowest BCUT2D eigenvalue weighted by atomic mass is 10.3. The molecule has 3 heterocycles. The van der Waals surface area contributed by atoms with Crippen LogP contribution in [0.2, 0.25) is 0 Å². The molecule has 0 fully saturated rings. The summed E-state index contributed by atoms with van der Waals surface area (Å²) < 4.78 is 3.97. The number of hydrogen-bond acceptors (Lipinski definition) is 3. The summed E-state index contributed by atoms with van der Waals surface area (Å²) in [4.78, 5) is 6.89. The van der Waals surface area contributed by atoms with E-state index in [-0.39, 0.29) is 0 Å². The van der Waals surface area contributed by atoms with Gasteiger partial charge in [-0.2, -0.15) is 0 Å². The van der Waals surface area contributed by atoms with Gasteiger partial charge in [-0.15, -0.1) is 11.3 Å². The van der Waals surface area contributed by atoms with Crippen LogP contribution in [0, 0.1) is 6.92 Å². The van der Waals surface area contributed by atoms with E-state index in [2.05, 4.69) is 49.8 Å². The lowest BCUT2D eigenvalue weighted by Gasteiger charge is -1.97. The number of pyridine rings is 1. The standard InChI is InChI=1S/C12H9Br2N3S/c1-6-8(14)4-9(18-6)11-12(15)17-5-7(13)2-3-10(17)16-11/h2-5H,15H2,1H3. The van der Waals surface area contributed by atoms with Crippen LogP contribution in [0.1, 0.15) is 4.88 Å². The van der Waals surface area contributed by atoms with Crippen molar-refractivity contribution >= 4 is 54.7 Å². The monoisotopic (exact) mass is 385 g/mol. The number of imidazole rings is 1. The molecule has 92 valence electrons. The molecule has 3 rings (SSSR count). The molecular weight excluding hydrogens is 378 g/mol. The lowest BCUT2D eigenvalue weighted by Crippen LogP contribution is -1.93. The van der Waals surface area contributed by atoms with Crippen molar-refractivity contribution < 1.29 is 0 Å². The van der Waals surface area contributed by atoms with Gasteiger partial charge in [0.25, 0.3) is 0 Å². The molecule has 6 heteroatoms. The Kier molecular flexibility index (Phi) is 2.96. The summed E-state index contributed by atoms with van der Waals surface area (Å²) in [5, 5.41) is 0. The van der Waals surface area contributed by atoms with Crippen LogP contribution < -0.4 is 5.73 Å². The van der Waals surface area contributed by atoms with Crippen LogP contribution in [0.4, 0.5) is 5.82 Å². The van der Waals surface area contributed by atoms with Crippen LogP contribution in [0.3, 0.4) is 0 Å². The first-order valence-electron chi connectivity index (χ1n) is 5.25. The maximum absolute atomic E-state index is 6.17. The number of nitrogen functional groups attached to an aromatic ring is 1. The number of anilines is 1. The second kappa shape index (κ2) is 4.36. The highest BCUT2D eigenvalue weighted by molar-refractivity contribution is 9.10. The van der Waals surface area contributed by atoms with E-state index in [1.54, 1.807) is 11.3 Å². The van der Waals surface area contributed by atoms with E-state index < -0.39 is 0 Å². The van der Waals surface area contributed by atoms with E-state index in [4.69, 9.17) is 5.73 Å². The minimum Gasteiger partial charge on any atom is -0.383 e. The van der Waals surface area contributed by atoms with Crippen LogP contribution in [0.15, 0.2) is 33.3 Å². The van der Waals surface area contributed by atoms with Gasteiger partial charge in [-0.3, -0.25) is 4.40 Å². The van der Waals surface area contributed by atoms with E-state index in [0.29, 0.717) is 5.82 Å². The molecule has 0 aromatic carbocycles. The van der Waals surface area contributed by atoms with Crippen LogP contribution >= 0.6 is 43.2 Å². The molecule has 3 nitrogen and oxygen atoms in total. The van der Waals surface area contributed by atoms with E-state index in [0.717, 1.165) is 25.2 Å². The summed E-state index contributed by atoms with van der Waals surface area (Å²) in [6, 6.07) is 5.97. The van der Waals surface area contributed by atoms with Gasteiger partial charge in [0.1, 0.15) is 17.2 Å². The fourth-order valence-corrected chi connectivity index (χ4v) is 3.66. The van der Waals surface area contributed by atoms with Crippen molar-refractivity contribution in [3.05, 3.63) is 38.2 Å². The molecule has 0 saturated carbocycles. The first kappa shape index (κ1) is 12.2. The number of hydrogen-bond donors (Lipinski definition) is 1. The predicted molar refractivity (Wildman–Crippen MR) is 83.1 cm³/mol. The van der Waals surface area contributed by atoms with E-state index >= 15 is 0 Å². The highest BCUT2D eigenvalue weighted by Crippen LogP contribution is 2.36. The zero-order valence-electron chi connectivity index (χ0n) is 9.45. The van der Waals surface area contributed by atoms with Gasteiger partial charge in [0.05, 0.1) is 4.88 Å². The predicted octanol–water partition coefficient (Wildman–Crippen LogP) is 4.48. The van der Waals surface area contributed by atoms with Gasteiger partial charge in [-0.25, -0.2) is 4.98 Å². The van der Waals surface area contributed by atoms with Crippen LogP contribution in [-0.4, -0.2) is 9.38 Å². The maximum Gasteiger partial charge on any atom is 0.139 e. The van der Waals surface area contributed by atoms with Gasteiger partial charge in [0.15, 0.2) is 0 Å². The third kappa shape index (κ3) is 1.88. The summed E-state index contributed by atoms with van der Waals surface area (Å²) in [6.45, 7) is 2.07. The quantitative estimate of drug-likeness (QED) is 0.670. The van der Waals surface area contributed by atoms with Crippen LogP contribution in [0.5, 0.6) is 0 Å². The molecule has 0 bridgehead atoms. The second-order valence-electron chi connectivity index (χ2n) is 3.94. The van der Waals surface area contributed by atoms with Gasteiger partial charge in [0, 0.05) is 20.0 Å². The van der Waals surface area contributed by atoms with Gasteiger partial charge in [0.2, 0.25) is 0 Å². The number of halogens is 2. The lowest BCUT2D eigenvalue weighted by molar-refractivity contribution is 1.18. The molecule has 0 aliphatic carbocycles. The number of nitrogens with zero attached hydrogens (tertiary/aromatic N) is 2. The molecule has 2 N–H and O–H groups in total. The number of aryl methyl sites for hydroxylation is 1. The number of nitrogens with two attached hydrogens (primary N) is 1. The number of thiophene rings is 1. The smallest absolute Gasteiger partial charge is 0.139 e. The summed E-state index contributed by atoms with van der Waals surface area (Å²) in [6.07, 6.45) is 1.93. The van der Waals surface area contributed by atoms with Crippen LogP contribution in [-0.2, 0) is 0 Å². The first-order valence-corrected chi connectivity index (χ1v) is 7.66. The minimum absolute atomic E-state index is 0.667. The molecule has 3 aromatic rings. The molecule has 0 aliphatic heterocycles. The summed E-state index contributed by atoms with van der Waals surface area (Å²) >= 11 is 8.65. The Hall–Kier alpha value is -0.850. The van der Waals surface area contributed by atoms with Crippen molar-refractivity contribution in [2.24, 2.45) is 0 Å². The van der Waals surface area contributed by atoms with Gasteiger partial charge in [-0.1, -0.05) is 0 Å². The first-order chi connectivity index (χ1) is 8.56. The number of rotatable bonds is 1. The molecule has 0 atom stereocenters. The fourth-order valence-electron chi connectivity index (χ4n) is 1.79. The number of fused-ring (bicyclic) bond motifs is 1. The Morgan fingerprint density at radius 2 is 2.11 bits per heavy atom. The average molecular weight is 387 g/mol. The highest BCUT2D eigenvalue weighted by atomic mass is 79.9. The van der Waals surface area contributed by atoms with Crippen molar-refractivity contribution in [1.29, 1.82) is 0 Å². The van der Waals surface area contributed by atoms with Crippen molar-refractivity contribution in [3.8, 4) is 10.6 Å². The third-order valence-electron chi connectivity index (χ3n) is 2.71. The van der Waals surface area contributed by atoms with Crippen molar-refractivity contribution in [1.82, 2.24) is 9.38 Å². The van der Waals surface area contributed by atoms with Gasteiger partial charge >= 0.3 is 0 Å². The highest BCUT2D eigenvalue weighted by Gasteiger charge is 2.14. The van der Waals surface area contributed by atoms with Crippen molar-refractivity contribution in [2.45, 2.75) is 6.92 Å². The fraction of sp³-hybridized carbons (Fsp3) is 0.0833. The molecule has 0 aliphatic rings. The average Bonchev–Trinajstić information content (AvgIpc) is 2.82. The second-order valence-corrected chi connectivity index (χ2v) is 6.96.